The first-order chi connectivity index (χ1) is 9.10. The van der Waals surface area contributed by atoms with Crippen LogP contribution >= 0.6 is 11.6 Å². The van der Waals surface area contributed by atoms with Crippen molar-refractivity contribution in [1.82, 2.24) is 0 Å². The molecule has 0 spiro atoms. The van der Waals surface area contributed by atoms with E-state index in [9.17, 15) is 4.39 Å². The van der Waals surface area contributed by atoms with E-state index in [1.54, 1.807) is 12.1 Å². The molecule has 0 unspecified atom stereocenters. The van der Waals surface area contributed by atoms with Gasteiger partial charge in [0.15, 0.2) is 0 Å². The van der Waals surface area contributed by atoms with Gasteiger partial charge in [-0.15, -0.1) is 0 Å². The average molecular weight is 280 g/mol. The molecule has 0 saturated carbocycles. The minimum absolute atomic E-state index is 0.283. The van der Waals surface area contributed by atoms with Crippen molar-refractivity contribution in [2.45, 2.75) is 20.1 Å². The Bertz CT molecular complexity index is 586. The quantitative estimate of drug-likeness (QED) is 0.923. The lowest BCUT2D eigenvalue weighted by molar-refractivity contribution is 0.302. The van der Waals surface area contributed by atoms with Crippen LogP contribution in [0.3, 0.4) is 0 Å². The summed E-state index contributed by atoms with van der Waals surface area (Å²) < 4.78 is 18.8. The first-order valence-electron chi connectivity index (χ1n) is 5.96. The summed E-state index contributed by atoms with van der Waals surface area (Å²) in [7, 11) is 0. The van der Waals surface area contributed by atoms with Crippen LogP contribution in [0.2, 0.25) is 5.02 Å². The van der Waals surface area contributed by atoms with Crippen LogP contribution < -0.4 is 10.5 Å². The summed E-state index contributed by atoms with van der Waals surface area (Å²) >= 11 is 5.93. The fourth-order valence-corrected chi connectivity index (χ4v) is 1.97. The first kappa shape index (κ1) is 13.8. The Hall–Kier alpha value is -1.58. The molecule has 0 heterocycles. The van der Waals surface area contributed by atoms with Gasteiger partial charge in [0.05, 0.1) is 0 Å². The lowest BCUT2D eigenvalue weighted by atomic mass is 10.1. The van der Waals surface area contributed by atoms with Gasteiger partial charge in [0.2, 0.25) is 0 Å². The summed E-state index contributed by atoms with van der Waals surface area (Å²) in [6, 6.07) is 10.0. The Balaban J connectivity index is 2.16. The van der Waals surface area contributed by atoms with Gasteiger partial charge >= 0.3 is 0 Å². The number of aryl methyl sites for hydroxylation is 1. The zero-order valence-electron chi connectivity index (χ0n) is 10.6. The lowest BCUT2D eigenvalue weighted by Gasteiger charge is -2.12. The van der Waals surface area contributed by atoms with Crippen LogP contribution in [0.1, 0.15) is 16.7 Å². The van der Waals surface area contributed by atoms with Crippen LogP contribution in [0.25, 0.3) is 0 Å². The highest BCUT2D eigenvalue weighted by atomic mass is 35.5. The van der Waals surface area contributed by atoms with E-state index in [4.69, 9.17) is 22.1 Å². The van der Waals surface area contributed by atoms with E-state index in [1.165, 1.54) is 12.1 Å². The smallest absolute Gasteiger partial charge is 0.124 e. The summed E-state index contributed by atoms with van der Waals surface area (Å²) in [6.07, 6.45) is 0. The highest BCUT2D eigenvalue weighted by molar-refractivity contribution is 6.30. The number of rotatable bonds is 4. The molecule has 0 amide bonds. The Morgan fingerprint density at radius 1 is 1.16 bits per heavy atom. The van der Waals surface area contributed by atoms with Crippen LogP contribution in [0, 0.1) is 12.7 Å². The largest absolute Gasteiger partial charge is 0.489 e. The van der Waals surface area contributed by atoms with Gasteiger partial charge in [0.25, 0.3) is 0 Å². The van der Waals surface area contributed by atoms with Crippen molar-refractivity contribution in [3.8, 4) is 5.75 Å². The molecule has 2 rings (SSSR count). The summed E-state index contributed by atoms with van der Waals surface area (Å²) in [5.74, 6) is 0.433. The second-order valence-electron chi connectivity index (χ2n) is 4.32. The first-order valence-corrected chi connectivity index (χ1v) is 6.34. The highest BCUT2D eigenvalue weighted by Gasteiger charge is 2.06. The fraction of sp³-hybridized carbons (Fsp3) is 0.200. The summed E-state index contributed by atoms with van der Waals surface area (Å²) in [4.78, 5) is 0. The predicted octanol–water partition coefficient (Wildman–Crippen LogP) is 3.83. The van der Waals surface area contributed by atoms with Crippen molar-refractivity contribution in [1.29, 1.82) is 0 Å². The predicted molar refractivity (Wildman–Crippen MR) is 74.8 cm³/mol. The Morgan fingerprint density at radius 2 is 1.95 bits per heavy atom. The van der Waals surface area contributed by atoms with Crippen molar-refractivity contribution in [2.24, 2.45) is 5.73 Å². The summed E-state index contributed by atoms with van der Waals surface area (Å²) in [5, 5.41) is 0.624. The lowest BCUT2D eigenvalue weighted by Crippen LogP contribution is -2.05. The van der Waals surface area contributed by atoms with Crippen LogP contribution in [-0.4, -0.2) is 0 Å². The normalized spacial score (nSPS) is 10.5. The fourth-order valence-electron chi connectivity index (χ4n) is 1.81. The maximum absolute atomic E-state index is 13.1. The minimum atomic E-state index is -0.289. The number of halogens is 2. The van der Waals surface area contributed by atoms with Crippen LogP contribution in [0.4, 0.5) is 4.39 Å². The molecule has 0 aliphatic rings. The Morgan fingerprint density at radius 3 is 2.68 bits per heavy atom. The van der Waals surface area contributed by atoms with Crippen molar-refractivity contribution >= 4 is 11.6 Å². The van der Waals surface area contributed by atoms with E-state index >= 15 is 0 Å². The zero-order chi connectivity index (χ0) is 13.8. The maximum Gasteiger partial charge on any atom is 0.124 e. The van der Waals surface area contributed by atoms with E-state index < -0.39 is 0 Å². The van der Waals surface area contributed by atoms with E-state index in [2.05, 4.69) is 0 Å². The van der Waals surface area contributed by atoms with Crippen molar-refractivity contribution in [3.63, 3.8) is 0 Å². The average Bonchev–Trinajstić information content (AvgIpc) is 2.40. The molecule has 19 heavy (non-hydrogen) atoms. The Labute approximate surface area is 117 Å². The number of nitrogens with two attached hydrogens (primary N) is 1. The number of ether oxygens (including phenoxy) is 1. The van der Waals surface area contributed by atoms with E-state index in [0.29, 0.717) is 11.6 Å². The number of hydrogen-bond acceptors (Lipinski definition) is 2. The molecular formula is C15H15ClFNO. The number of benzene rings is 2. The molecule has 0 fully saturated rings. The molecule has 0 aliphatic carbocycles. The zero-order valence-corrected chi connectivity index (χ0v) is 11.4. The molecule has 2 nitrogen and oxygen atoms in total. The molecule has 0 bridgehead atoms. The molecule has 0 atom stereocenters. The molecule has 100 valence electrons. The molecule has 2 N–H and O–H groups in total. The molecular weight excluding hydrogens is 265 g/mol. The van der Waals surface area contributed by atoms with E-state index in [0.717, 1.165) is 22.4 Å². The molecule has 0 radical (unpaired) electrons. The van der Waals surface area contributed by atoms with Crippen LogP contribution in [0.15, 0.2) is 36.4 Å². The molecule has 0 aromatic heterocycles. The SMILES string of the molecule is Cc1ccc(Cl)cc1OCc1ccc(F)cc1CN. The van der Waals surface area contributed by atoms with Crippen LogP contribution in [-0.2, 0) is 13.2 Å². The van der Waals surface area contributed by atoms with Gasteiger partial charge in [-0.25, -0.2) is 4.39 Å². The topological polar surface area (TPSA) is 35.2 Å². The van der Waals surface area contributed by atoms with Gasteiger partial charge in [-0.3, -0.25) is 0 Å². The van der Waals surface area contributed by atoms with Crippen molar-refractivity contribution in [3.05, 3.63) is 63.9 Å². The highest BCUT2D eigenvalue weighted by Crippen LogP contribution is 2.24. The molecule has 2 aromatic rings. The third kappa shape index (κ3) is 3.46. The summed E-state index contributed by atoms with van der Waals surface area (Å²) in [5.41, 5.74) is 8.23. The van der Waals surface area contributed by atoms with Crippen LogP contribution in [0.5, 0.6) is 5.75 Å². The third-order valence-electron chi connectivity index (χ3n) is 2.92. The van der Waals surface area contributed by atoms with Gasteiger partial charge in [0, 0.05) is 11.6 Å². The Kier molecular flexibility index (Phi) is 4.40. The van der Waals surface area contributed by atoms with Gasteiger partial charge in [0.1, 0.15) is 18.2 Å². The van der Waals surface area contributed by atoms with Gasteiger partial charge in [-0.2, -0.15) is 0 Å². The van der Waals surface area contributed by atoms with Gasteiger partial charge < -0.3 is 10.5 Å². The molecule has 0 aliphatic heterocycles. The maximum atomic E-state index is 13.1. The molecule has 2 aromatic carbocycles. The van der Waals surface area contributed by atoms with Gasteiger partial charge in [-0.05, 0) is 47.9 Å². The monoisotopic (exact) mass is 279 g/mol. The summed E-state index contributed by atoms with van der Waals surface area (Å²) in [6.45, 7) is 2.57. The van der Waals surface area contributed by atoms with Gasteiger partial charge in [-0.1, -0.05) is 23.7 Å². The van der Waals surface area contributed by atoms with E-state index in [1.807, 2.05) is 19.1 Å². The minimum Gasteiger partial charge on any atom is -0.489 e. The number of hydrogen-bond donors (Lipinski definition) is 1. The third-order valence-corrected chi connectivity index (χ3v) is 3.16. The van der Waals surface area contributed by atoms with Crippen molar-refractivity contribution < 1.29 is 9.13 Å². The second-order valence-corrected chi connectivity index (χ2v) is 4.75. The van der Waals surface area contributed by atoms with Crippen molar-refractivity contribution in [2.75, 3.05) is 0 Å². The van der Waals surface area contributed by atoms with E-state index in [-0.39, 0.29) is 12.4 Å². The molecule has 4 heteroatoms. The standard InChI is InChI=1S/C15H15ClFNO/c1-10-2-4-13(16)7-15(10)19-9-11-3-5-14(17)6-12(11)8-18/h2-7H,8-9,18H2,1H3. The molecule has 0 saturated heterocycles. The second kappa shape index (κ2) is 6.04.